The predicted molar refractivity (Wildman–Crippen MR) is 87.4 cm³/mol. The van der Waals surface area contributed by atoms with Crippen molar-refractivity contribution in [3.63, 3.8) is 0 Å². The lowest BCUT2D eigenvalue weighted by molar-refractivity contribution is 0.103. The van der Waals surface area contributed by atoms with Crippen LogP contribution in [0.2, 0.25) is 5.02 Å². The maximum atomic E-state index is 12.7. The number of carbonyl (C=O) groups excluding carboxylic acids is 1. The van der Waals surface area contributed by atoms with Gasteiger partial charge >= 0.3 is 0 Å². The third-order valence-corrected chi connectivity index (χ3v) is 4.23. The van der Waals surface area contributed by atoms with Gasteiger partial charge in [0.2, 0.25) is 0 Å². The Morgan fingerprint density at radius 3 is 2.76 bits per heavy atom. The summed E-state index contributed by atoms with van der Waals surface area (Å²) >= 11 is 9.38. The quantitative estimate of drug-likeness (QED) is 0.677. The Kier molecular flexibility index (Phi) is 3.74. The molecular weight excluding hydrogens is 354 g/mol. The minimum Gasteiger partial charge on any atom is -0.497 e. The molecule has 0 spiro atoms. The molecular formula is C16H11BrClNO2. The SMILES string of the molecule is COc1ccc2[nH]cc(C(=O)c3cc(Cl)ccc3Br)c2c1. The van der Waals surface area contributed by atoms with Crippen LogP contribution in [0.4, 0.5) is 0 Å². The van der Waals surface area contributed by atoms with E-state index in [9.17, 15) is 4.79 Å². The van der Waals surface area contributed by atoms with Crippen molar-refractivity contribution >= 4 is 44.2 Å². The Labute approximate surface area is 135 Å². The summed E-state index contributed by atoms with van der Waals surface area (Å²) in [4.78, 5) is 15.8. The van der Waals surface area contributed by atoms with Crippen molar-refractivity contribution in [2.75, 3.05) is 7.11 Å². The number of hydrogen-bond donors (Lipinski definition) is 1. The van der Waals surface area contributed by atoms with Gasteiger partial charge in [-0.15, -0.1) is 0 Å². The molecule has 0 saturated heterocycles. The summed E-state index contributed by atoms with van der Waals surface area (Å²) in [5, 5.41) is 1.35. The van der Waals surface area contributed by atoms with Crippen molar-refractivity contribution in [2.24, 2.45) is 0 Å². The number of ketones is 1. The predicted octanol–water partition coefficient (Wildman–Crippen LogP) is 4.82. The van der Waals surface area contributed by atoms with Crippen molar-refractivity contribution < 1.29 is 9.53 Å². The number of methoxy groups -OCH3 is 1. The molecule has 0 aliphatic heterocycles. The van der Waals surface area contributed by atoms with Crippen LogP contribution in [0, 0.1) is 0 Å². The van der Waals surface area contributed by atoms with Gasteiger partial charge in [0.25, 0.3) is 0 Å². The summed E-state index contributed by atoms with van der Waals surface area (Å²) < 4.78 is 5.94. The van der Waals surface area contributed by atoms with Crippen molar-refractivity contribution in [1.82, 2.24) is 4.98 Å². The standard InChI is InChI=1S/C16H11BrClNO2/c1-21-10-3-5-15-11(7-10)13(8-19-15)16(20)12-6-9(18)2-4-14(12)17/h2-8,19H,1H3. The molecule has 0 aliphatic carbocycles. The van der Waals surface area contributed by atoms with E-state index in [0.717, 1.165) is 10.9 Å². The number of aromatic nitrogens is 1. The van der Waals surface area contributed by atoms with Crippen LogP contribution in [0.5, 0.6) is 5.75 Å². The lowest BCUT2D eigenvalue weighted by atomic mass is 10.0. The molecule has 0 atom stereocenters. The number of fused-ring (bicyclic) bond motifs is 1. The van der Waals surface area contributed by atoms with Gasteiger partial charge in [0.1, 0.15) is 5.75 Å². The topological polar surface area (TPSA) is 42.1 Å². The lowest BCUT2D eigenvalue weighted by Crippen LogP contribution is -2.01. The number of nitrogens with one attached hydrogen (secondary N) is 1. The molecule has 0 radical (unpaired) electrons. The molecule has 0 saturated carbocycles. The Hall–Kier alpha value is -1.78. The van der Waals surface area contributed by atoms with Crippen molar-refractivity contribution in [2.45, 2.75) is 0 Å². The van der Waals surface area contributed by atoms with Crippen molar-refractivity contribution in [1.29, 1.82) is 0 Å². The van der Waals surface area contributed by atoms with E-state index in [-0.39, 0.29) is 5.78 Å². The van der Waals surface area contributed by atoms with E-state index in [1.54, 1.807) is 31.5 Å². The minimum atomic E-state index is -0.0936. The van der Waals surface area contributed by atoms with Crippen LogP contribution in [0.25, 0.3) is 10.9 Å². The molecule has 1 N–H and O–H groups in total. The van der Waals surface area contributed by atoms with Gasteiger partial charge in [-0.25, -0.2) is 0 Å². The monoisotopic (exact) mass is 363 g/mol. The molecule has 3 nitrogen and oxygen atoms in total. The Morgan fingerprint density at radius 1 is 1.19 bits per heavy atom. The number of benzene rings is 2. The maximum Gasteiger partial charge on any atom is 0.196 e. The fraction of sp³-hybridized carbons (Fsp3) is 0.0625. The van der Waals surface area contributed by atoms with Gasteiger partial charge in [-0.05, 0) is 36.4 Å². The van der Waals surface area contributed by atoms with E-state index in [0.29, 0.717) is 26.4 Å². The molecule has 21 heavy (non-hydrogen) atoms. The molecule has 1 heterocycles. The van der Waals surface area contributed by atoms with Gasteiger partial charge in [0.05, 0.1) is 7.11 Å². The zero-order valence-corrected chi connectivity index (χ0v) is 13.5. The molecule has 2 aromatic carbocycles. The van der Waals surface area contributed by atoms with Crippen LogP contribution in [-0.2, 0) is 0 Å². The fourth-order valence-electron chi connectivity index (χ4n) is 2.23. The summed E-state index contributed by atoms with van der Waals surface area (Å²) in [7, 11) is 1.60. The van der Waals surface area contributed by atoms with E-state index in [2.05, 4.69) is 20.9 Å². The highest BCUT2D eigenvalue weighted by atomic mass is 79.9. The highest BCUT2D eigenvalue weighted by Gasteiger charge is 2.17. The number of ether oxygens (including phenoxy) is 1. The second kappa shape index (κ2) is 5.54. The normalized spacial score (nSPS) is 10.8. The van der Waals surface area contributed by atoms with Gasteiger partial charge in [0, 0.05) is 37.7 Å². The van der Waals surface area contributed by atoms with Crippen LogP contribution in [0.3, 0.4) is 0 Å². The van der Waals surface area contributed by atoms with Gasteiger partial charge in [-0.2, -0.15) is 0 Å². The summed E-state index contributed by atoms with van der Waals surface area (Å²) in [6, 6.07) is 10.7. The maximum absolute atomic E-state index is 12.7. The number of carbonyl (C=O) groups is 1. The third-order valence-electron chi connectivity index (χ3n) is 3.31. The summed E-state index contributed by atoms with van der Waals surface area (Å²) in [5.74, 6) is 0.616. The first-order valence-electron chi connectivity index (χ1n) is 6.25. The summed E-state index contributed by atoms with van der Waals surface area (Å²) in [6.45, 7) is 0. The second-order valence-electron chi connectivity index (χ2n) is 4.57. The van der Waals surface area contributed by atoms with Gasteiger partial charge < -0.3 is 9.72 Å². The average molecular weight is 365 g/mol. The number of H-pyrrole nitrogens is 1. The van der Waals surface area contributed by atoms with Crippen LogP contribution < -0.4 is 4.74 Å². The lowest BCUT2D eigenvalue weighted by Gasteiger charge is -2.04. The number of rotatable bonds is 3. The molecule has 3 rings (SSSR count). The Bertz CT molecular complexity index is 841. The average Bonchev–Trinajstić information content (AvgIpc) is 2.91. The van der Waals surface area contributed by atoms with Gasteiger partial charge in [0.15, 0.2) is 5.78 Å². The van der Waals surface area contributed by atoms with E-state index >= 15 is 0 Å². The fourth-order valence-corrected chi connectivity index (χ4v) is 2.83. The molecule has 0 fully saturated rings. The van der Waals surface area contributed by atoms with Crippen LogP contribution in [-0.4, -0.2) is 17.9 Å². The molecule has 1 aromatic heterocycles. The Morgan fingerprint density at radius 2 is 2.00 bits per heavy atom. The summed E-state index contributed by atoms with van der Waals surface area (Å²) in [6.07, 6.45) is 1.71. The van der Waals surface area contributed by atoms with E-state index in [4.69, 9.17) is 16.3 Å². The molecule has 0 amide bonds. The number of halogens is 2. The first-order valence-corrected chi connectivity index (χ1v) is 7.42. The molecule has 106 valence electrons. The number of aromatic amines is 1. The van der Waals surface area contributed by atoms with E-state index in [1.807, 2.05) is 18.2 Å². The minimum absolute atomic E-state index is 0.0936. The molecule has 0 bridgehead atoms. The van der Waals surface area contributed by atoms with Crippen LogP contribution >= 0.6 is 27.5 Å². The van der Waals surface area contributed by atoms with Crippen molar-refractivity contribution in [3.8, 4) is 5.75 Å². The first-order chi connectivity index (χ1) is 10.1. The molecule has 3 aromatic rings. The van der Waals surface area contributed by atoms with Crippen LogP contribution in [0.1, 0.15) is 15.9 Å². The summed E-state index contributed by atoms with van der Waals surface area (Å²) in [5.41, 5.74) is 2.01. The zero-order valence-electron chi connectivity index (χ0n) is 11.1. The highest BCUT2D eigenvalue weighted by Crippen LogP contribution is 2.29. The van der Waals surface area contributed by atoms with Gasteiger partial charge in [-0.3, -0.25) is 4.79 Å². The second-order valence-corrected chi connectivity index (χ2v) is 5.86. The van der Waals surface area contributed by atoms with Crippen LogP contribution in [0.15, 0.2) is 47.1 Å². The third kappa shape index (κ3) is 2.57. The largest absolute Gasteiger partial charge is 0.497 e. The highest BCUT2D eigenvalue weighted by molar-refractivity contribution is 9.10. The van der Waals surface area contributed by atoms with E-state index < -0.39 is 0 Å². The van der Waals surface area contributed by atoms with Gasteiger partial charge in [-0.1, -0.05) is 27.5 Å². The van der Waals surface area contributed by atoms with E-state index in [1.165, 1.54) is 0 Å². The number of hydrogen-bond acceptors (Lipinski definition) is 2. The smallest absolute Gasteiger partial charge is 0.196 e. The molecule has 0 aliphatic rings. The zero-order chi connectivity index (χ0) is 15.0. The van der Waals surface area contributed by atoms with Crippen molar-refractivity contribution in [3.05, 3.63) is 63.2 Å². The first kappa shape index (κ1) is 14.2. The molecule has 5 heteroatoms. The Balaban J connectivity index is 2.15. The molecule has 0 unspecified atom stereocenters.